The van der Waals surface area contributed by atoms with Gasteiger partial charge in [0.25, 0.3) is 0 Å². The molecule has 0 aliphatic heterocycles. The second-order valence-corrected chi connectivity index (χ2v) is 2.77. The van der Waals surface area contributed by atoms with Gasteiger partial charge in [-0.05, 0) is 12.8 Å². The summed E-state index contributed by atoms with van der Waals surface area (Å²) in [6, 6.07) is 0. The molecule has 0 radical (unpaired) electrons. The molecule has 0 aliphatic carbocycles. The van der Waals surface area contributed by atoms with Crippen LogP contribution in [0, 0.1) is 0 Å². The third kappa shape index (κ3) is 9.28. The average molecular weight is 206 g/mol. The van der Waals surface area contributed by atoms with E-state index in [-0.39, 0.29) is 0 Å². The van der Waals surface area contributed by atoms with Gasteiger partial charge in [0.15, 0.2) is 0 Å². The second-order valence-electron chi connectivity index (χ2n) is 2.77. The Morgan fingerprint density at radius 2 is 1.36 bits per heavy atom. The standard InChI is InChI=1S/C9H18O5/c1-3-5-7-11-13-9(10)14-12-8-6-4-2/h3-8H2,1-2H3. The van der Waals surface area contributed by atoms with Gasteiger partial charge in [-0.25, -0.2) is 0 Å². The molecule has 0 heterocycles. The molecule has 0 saturated heterocycles. The van der Waals surface area contributed by atoms with Gasteiger partial charge in [-0.3, -0.25) is 9.78 Å². The van der Waals surface area contributed by atoms with Gasteiger partial charge in [0, 0.05) is 0 Å². The predicted molar refractivity (Wildman–Crippen MR) is 49.3 cm³/mol. The van der Waals surface area contributed by atoms with Crippen LogP contribution in [0.2, 0.25) is 0 Å². The SMILES string of the molecule is CCCCOOC(=O)OOCCCC. The van der Waals surface area contributed by atoms with Gasteiger partial charge in [-0.1, -0.05) is 26.7 Å². The smallest absolute Gasteiger partial charge is 0.257 e. The predicted octanol–water partition coefficient (Wildman–Crippen LogP) is 2.60. The number of hydrogen-bond acceptors (Lipinski definition) is 5. The van der Waals surface area contributed by atoms with Crippen molar-refractivity contribution in [2.45, 2.75) is 39.5 Å². The number of hydrogen-bond donors (Lipinski definition) is 0. The average Bonchev–Trinajstić information content (AvgIpc) is 2.19. The van der Waals surface area contributed by atoms with E-state index in [1.807, 2.05) is 13.8 Å². The van der Waals surface area contributed by atoms with E-state index in [9.17, 15) is 4.79 Å². The third-order valence-corrected chi connectivity index (χ3v) is 1.42. The highest BCUT2D eigenvalue weighted by atomic mass is 17.3. The van der Waals surface area contributed by atoms with Crippen molar-refractivity contribution in [1.29, 1.82) is 0 Å². The van der Waals surface area contributed by atoms with Crippen molar-refractivity contribution in [3.8, 4) is 0 Å². The molecule has 0 spiro atoms. The van der Waals surface area contributed by atoms with Crippen molar-refractivity contribution in [1.82, 2.24) is 0 Å². The van der Waals surface area contributed by atoms with Gasteiger partial charge >= 0.3 is 6.16 Å². The Balaban J connectivity index is 3.11. The Kier molecular flexibility index (Phi) is 9.68. The van der Waals surface area contributed by atoms with Crippen LogP contribution in [0.3, 0.4) is 0 Å². The molecule has 0 unspecified atom stereocenters. The minimum atomic E-state index is -0.961. The van der Waals surface area contributed by atoms with Crippen molar-refractivity contribution in [2.24, 2.45) is 0 Å². The lowest BCUT2D eigenvalue weighted by Gasteiger charge is -2.02. The van der Waals surface area contributed by atoms with Crippen molar-refractivity contribution < 1.29 is 24.3 Å². The Morgan fingerprint density at radius 1 is 0.929 bits per heavy atom. The molecule has 0 atom stereocenters. The van der Waals surface area contributed by atoms with Crippen molar-refractivity contribution in [2.75, 3.05) is 13.2 Å². The Labute approximate surface area is 84.1 Å². The van der Waals surface area contributed by atoms with Crippen LogP contribution in [0.1, 0.15) is 39.5 Å². The lowest BCUT2D eigenvalue weighted by atomic mass is 10.4. The molecule has 14 heavy (non-hydrogen) atoms. The van der Waals surface area contributed by atoms with Crippen molar-refractivity contribution in [3.63, 3.8) is 0 Å². The minimum absolute atomic E-state index is 0.376. The minimum Gasteiger partial charge on any atom is -0.257 e. The number of carbonyl (C=O) groups excluding carboxylic acids is 1. The van der Waals surface area contributed by atoms with Crippen LogP contribution in [-0.2, 0) is 19.6 Å². The highest BCUT2D eigenvalue weighted by Crippen LogP contribution is 1.94. The molecule has 84 valence electrons. The maximum Gasteiger partial charge on any atom is 0.573 e. The topological polar surface area (TPSA) is 54.0 Å². The van der Waals surface area contributed by atoms with Gasteiger partial charge in [0.2, 0.25) is 0 Å². The van der Waals surface area contributed by atoms with E-state index in [2.05, 4.69) is 19.6 Å². The van der Waals surface area contributed by atoms with E-state index in [0.29, 0.717) is 13.2 Å². The summed E-state index contributed by atoms with van der Waals surface area (Å²) in [5.41, 5.74) is 0. The summed E-state index contributed by atoms with van der Waals surface area (Å²) in [6.07, 6.45) is 2.67. The van der Waals surface area contributed by atoms with Crippen LogP contribution in [-0.4, -0.2) is 19.4 Å². The van der Waals surface area contributed by atoms with Crippen LogP contribution >= 0.6 is 0 Å². The van der Waals surface area contributed by atoms with Gasteiger partial charge in [0.05, 0.1) is 13.2 Å². The number of rotatable bonds is 8. The van der Waals surface area contributed by atoms with Gasteiger partial charge in [0.1, 0.15) is 0 Å². The molecule has 0 bridgehead atoms. The zero-order valence-electron chi connectivity index (χ0n) is 8.78. The van der Waals surface area contributed by atoms with Crippen LogP contribution < -0.4 is 0 Å². The van der Waals surface area contributed by atoms with E-state index < -0.39 is 6.16 Å². The van der Waals surface area contributed by atoms with E-state index in [1.54, 1.807) is 0 Å². The first-order valence-electron chi connectivity index (χ1n) is 4.94. The molecule has 0 aliphatic rings. The molecule has 0 aromatic heterocycles. The molecule has 0 saturated carbocycles. The molecule has 5 nitrogen and oxygen atoms in total. The van der Waals surface area contributed by atoms with Crippen molar-refractivity contribution in [3.05, 3.63) is 0 Å². The number of carbonyl (C=O) groups is 1. The Bertz CT molecular complexity index is 123. The third-order valence-electron chi connectivity index (χ3n) is 1.42. The summed E-state index contributed by atoms with van der Waals surface area (Å²) in [7, 11) is 0. The molecule has 0 amide bonds. The fraction of sp³-hybridized carbons (Fsp3) is 0.889. The number of unbranched alkanes of at least 4 members (excludes halogenated alkanes) is 2. The largest absolute Gasteiger partial charge is 0.573 e. The molecule has 0 N–H and O–H groups in total. The fourth-order valence-electron chi connectivity index (χ4n) is 0.600. The first-order chi connectivity index (χ1) is 6.81. The van der Waals surface area contributed by atoms with Crippen LogP contribution in [0.4, 0.5) is 4.79 Å². The summed E-state index contributed by atoms with van der Waals surface area (Å²) in [5.74, 6) is 0. The highest BCUT2D eigenvalue weighted by molar-refractivity contribution is 5.58. The Hall–Kier alpha value is -0.810. The fourth-order valence-corrected chi connectivity index (χ4v) is 0.600. The normalized spacial score (nSPS) is 9.86. The Morgan fingerprint density at radius 3 is 1.71 bits per heavy atom. The summed E-state index contributed by atoms with van der Waals surface area (Å²) in [5, 5.41) is 0. The summed E-state index contributed by atoms with van der Waals surface area (Å²) in [4.78, 5) is 28.2. The summed E-state index contributed by atoms with van der Waals surface area (Å²) >= 11 is 0. The molecule has 0 aromatic carbocycles. The van der Waals surface area contributed by atoms with E-state index >= 15 is 0 Å². The maximum atomic E-state index is 10.7. The van der Waals surface area contributed by atoms with E-state index in [0.717, 1.165) is 25.7 Å². The molecule has 0 aromatic rings. The first-order valence-corrected chi connectivity index (χ1v) is 4.94. The highest BCUT2D eigenvalue weighted by Gasteiger charge is 2.05. The first kappa shape index (κ1) is 13.2. The summed E-state index contributed by atoms with van der Waals surface area (Å²) in [6.45, 7) is 4.77. The molecular formula is C9H18O5. The monoisotopic (exact) mass is 206 g/mol. The zero-order chi connectivity index (χ0) is 10.6. The molecule has 0 rings (SSSR count). The van der Waals surface area contributed by atoms with E-state index in [1.165, 1.54) is 0 Å². The zero-order valence-corrected chi connectivity index (χ0v) is 8.78. The van der Waals surface area contributed by atoms with Gasteiger partial charge in [-0.15, -0.1) is 0 Å². The van der Waals surface area contributed by atoms with Crippen LogP contribution in [0.15, 0.2) is 0 Å². The molecular weight excluding hydrogens is 188 g/mol. The second kappa shape index (κ2) is 10.3. The van der Waals surface area contributed by atoms with Gasteiger partial charge in [-0.2, -0.15) is 14.6 Å². The molecule has 5 heteroatoms. The lowest BCUT2D eigenvalue weighted by molar-refractivity contribution is -0.319. The van der Waals surface area contributed by atoms with Crippen LogP contribution in [0.5, 0.6) is 0 Å². The van der Waals surface area contributed by atoms with E-state index in [4.69, 9.17) is 0 Å². The maximum absolute atomic E-state index is 10.7. The summed E-state index contributed by atoms with van der Waals surface area (Å²) < 4.78 is 0. The van der Waals surface area contributed by atoms with Gasteiger partial charge < -0.3 is 0 Å². The quantitative estimate of drug-likeness (QED) is 0.347. The lowest BCUT2D eigenvalue weighted by Crippen LogP contribution is -2.09. The van der Waals surface area contributed by atoms with Crippen molar-refractivity contribution >= 4 is 6.16 Å². The molecule has 0 fully saturated rings. The van der Waals surface area contributed by atoms with Crippen LogP contribution in [0.25, 0.3) is 0 Å².